The SMILES string of the molecule is O=C(N=S1(=O)CCCC1)c1cccn2cc(C(F)(F)F)nc12. The maximum atomic E-state index is 12.7. The predicted octanol–water partition coefficient (Wildman–Crippen LogP) is 2.76. The molecule has 0 unspecified atom stereocenters. The van der Waals surface area contributed by atoms with Crippen LogP contribution in [0.25, 0.3) is 5.65 Å². The number of hydrogen-bond acceptors (Lipinski definition) is 3. The fourth-order valence-electron chi connectivity index (χ4n) is 2.37. The van der Waals surface area contributed by atoms with E-state index in [1.54, 1.807) is 0 Å². The zero-order valence-electron chi connectivity index (χ0n) is 11.3. The number of rotatable bonds is 1. The first-order chi connectivity index (χ1) is 10.3. The number of amides is 1. The molecule has 0 atom stereocenters. The highest BCUT2D eigenvalue weighted by atomic mass is 32.2. The average Bonchev–Trinajstić information content (AvgIpc) is 3.03. The zero-order chi connectivity index (χ0) is 16.0. The fraction of sp³-hybridized carbons (Fsp3) is 0.385. The van der Waals surface area contributed by atoms with Crippen molar-refractivity contribution >= 4 is 21.3 Å². The molecule has 2 aromatic heterocycles. The number of carbonyl (C=O) groups excluding carboxylic acids is 1. The Morgan fingerprint density at radius 2 is 2.00 bits per heavy atom. The summed E-state index contributed by atoms with van der Waals surface area (Å²) >= 11 is 0. The summed E-state index contributed by atoms with van der Waals surface area (Å²) in [6.07, 6.45) is -0.950. The van der Waals surface area contributed by atoms with Crippen LogP contribution in [0.1, 0.15) is 28.9 Å². The Bertz CT molecular complexity index is 851. The second-order valence-corrected chi connectivity index (χ2v) is 7.61. The maximum absolute atomic E-state index is 12.7. The molecule has 0 saturated carbocycles. The Hall–Kier alpha value is -1.90. The van der Waals surface area contributed by atoms with Crippen molar-refractivity contribution in [3.8, 4) is 0 Å². The summed E-state index contributed by atoms with van der Waals surface area (Å²) in [4.78, 5) is 15.7. The predicted molar refractivity (Wildman–Crippen MR) is 74.1 cm³/mol. The van der Waals surface area contributed by atoms with E-state index in [1.807, 2.05) is 0 Å². The molecular formula is C13H12F3N3O2S. The van der Waals surface area contributed by atoms with Gasteiger partial charge in [-0.3, -0.25) is 4.79 Å². The average molecular weight is 331 g/mol. The summed E-state index contributed by atoms with van der Waals surface area (Å²) in [5, 5.41) is 0. The molecular weight excluding hydrogens is 319 g/mol. The molecule has 22 heavy (non-hydrogen) atoms. The second-order valence-electron chi connectivity index (χ2n) is 5.06. The number of fused-ring (bicyclic) bond motifs is 1. The minimum atomic E-state index is -4.60. The van der Waals surface area contributed by atoms with Crippen molar-refractivity contribution in [2.45, 2.75) is 19.0 Å². The molecule has 9 heteroatoms. The lowest BCUT2D eigenvalue weighted by molar-refractivity contribution is -0.140. The quantitative estimate of drug-likeness (QED) is 0.807. The number of nitrogens with zero attached hydrogens (tertiary/aromatic N) is 3. The summed E-state index contributed by atoms with van der Waals surface area (Å²) in [5.41, 5.74) is -1.30. The van der Waals surface area contributed by atoms with E-state index in [0.717, 1.165) is 23.4 Å². The Kier molecular flexibility index (Phi) is 3.47. The van der Waals surface area contributed by atoms with Crippen LogP contribution in [-0.2, 0) is 15.9 Å². The maximum Gasteiger partial charge on any atom is 0.434 e. The van der Waals surface area contributed by atoms with E-state index < -0.39 is 27.5 Å². The summed E-state index contributed by atoms with van der Waals surface area (Å²) in [6.45, 7) is 0. The summed E-state index contributed by atoms with van der Waals surface area (Å²) in [6, 6.07) is 2.77. The van der Waals surface area contributed by atoms with Crippen LogP contribution in [0.2, 0.25) is 0 Å². The molecule has 0 aliphatic carbocycles. The third-order valence-corrected chi connectivity index (χ3v) is 5.78. The van der Waals surface area contributed by atoms with Crippen LogP contribution >= 0.6 is 0 Å². The molecule has 0 spiro atoms. The van der Waals surface area contributed by atoms with Gasteiger partial charge in [0.25, 0.3) is 5.91 Å². The molecule has 1 aliphatic rings. The highest BCUT2D eigenvalue weighted by Gasteiger charge is 2.34. The van der Waals surface area contributed by atoms with Gasteiger partial charge in [0.2, 0.25) is 0 Å². The number of imidazole rings is 1. The van der Waals surface area contributed by atoms with E-state index in [9.17, 15) is 22.2 Å². The zero-order valence-corrected chi connectivity index (χ0v) is 12.2. The lowest BCUT2D eigenvalue weighted by atomic mass is 10.2. The Morgan fingerprint density at radius 1 is 1.32 bits per heavy atom. The van der Waals surface area contributed by atoms with Crippen LogP contribution in [0.5, 0.6) is 0 Å². The van der Waals surface area contributed by atoms with Crippen molar-refractivity contribution in [2.24, 2.45) is 4.36 Å². The van der Waals surface area contributed by atoms with Crippen molar-refractivity contribution in [3.63, 3.8) is 0 Å². The van der Waals surface area contributed by atoms with Gasteiger partial charge in [-0.15, -0.1) is 0 Å². The first kappa shape index (κ1) is 15.0. The van der Waals surface area contributed by atoms with Crippen molar-refractivity contribution in [3.05, 3.63) is 35.8 Å². The number of aromatic nitrogens is 2. The van der Waals surface area contributed by atoms with Crippen molar-refractivity contribution < 1.29 is 22.2 Å². The van der Waals surface area contributed by atoms with Gasteiger partial charge in [-0.25, -0.2) is 9.19 Å². The Balaban J connectivity index is 2.09. The number of carbonyl (C=O) groups is 1. The van der Waals surface area contributed by atoms with Gasteiger partial charge in [-0.05, 0) is 25.0 Å². The molecule has 2 aromatic rings. The number of pyridine rings is 1. The van der Waals surface area contributed by atoms with Gasteiger partial charge in [0.15, 0.2) is 5.69 Å². The summed E-state index contributed by atoms with van der Waals surface area (Å²) in [5.74, 6) is -0.0781. The molecule has 1 aliphatic heterocycles. The monoisotopic (exact) mass is 331 g/mol. The minimum Gasteiger partial charge on any atom is -0.306 e. The lowest BCUT2D eigenvalue weighted by Crippen LogP contribution is -2.07. The van der Waals surface area contributed by atoms with E-state index in [1.165, 1.54) is 18.3 Å². The van der Waals surface area contributed by atoms with E-state index in [-0.39, 0.29) is 11.2 Å². The standard InChI is InChI=1S/C13H12F3N3O2S/c14-13(15,16)10-8-19-5-3-4-9(11(19)17-10)12(20)18-22(21)6-1-2-7-22/h3-5,8H,1-2,6-7H2. The van der Waals surface area contributed by atoms with Crippen LogP contribution in [0, 0.1) is 0 Å². The van der Waals surface area contributed by atoms with E-state index in [2.05, 4.69) is 9.35 Å². The molecule has 1 amide bonds. The van der Waals surface area contributed by atoms with Crippen molar-refractivity contribution in [1.82, 2.24) is 9.38 Å². The van der Waals surface area contributed by atoms with E-state index in [0.29, 0.717) is 11.5 Å². The van der Waals surface area contributed by atoms with Crippen LogP contribution in [0.15, 0.2) is 28.9 Å². The Labute approximate surface area is 124 Å². The normalized spacial score (nSPS) is 17.8. The van der Waals surface area contributed by atoms with Gasteiger partial charge in [0.05, 0.1) is 15.3 Å². The second kappa shape index (κ2) is 5.08. The smallest absolute Gasteiger partial charge is 0.306 e. The van der Waals surface area contributed by atoms with Crippen LogP contribution < -0.4 is 0 Å². The molecule has 1 fully saturated rings. The van der Waals surface area contributed by atoms with Crippen molar-refractivity contribution in [2.75, 3.05) is 11.5 Å². The molecule has 0 bridgehead atoms. The molecule has 3 heterocycles. The molecule has 0 aromatic carbocycles. The lowest BCUT2D eigenvalue weighted by Gasteiger charge is -2.01. The van der Waals surface area contributed by atoms with Gasteiger partial charge in [0, 0.05) is 23.9 Å². The molecule has 0 N–H and O–H groups in total. The Morgan fingerprint density at radius 3 is 2.64 bits per heavy atom. The molecule has 1 saturated heterocycles. The molecule has 3 rings (SSSR count). The number of hydrogen-bond donors (Lipinski definition) is 0. The van der Waals surface area contributed by atoms with Crippen LogP contribution in [0.4, 0.5) is 13.2 Å². The van der Waals surface area contributed by atoms with Crippen LogP contribution in [0.3, 0.4) is 0 Å². The first-order valence-corrected chi connectivity index (χ1v) is 8.46. The topological polar surface area (TPSA) is 63.8 Å². The highest BCUT2D eigenvalue weighted by Crippen LogP contribution is 2.29. The fourth-order valence-corrected chi connectivity index (χ4v) is 4.46. The molecule has 0 radical (unpaired) electrons. The molecule has 5 nitrogen and oxygen atoms in total. The third-order valence-electron chi connectivity index (χ3n) is 3.43. The number of halogens is 3. The van der Waals surface area contributed by atoms with Gasteiger partial charge in [-0.1, -0.05) is 0 Å². The first-order valence-electron chi connectivity index (χ1n) is 6.60. The largest absolute Gasteiger partial charge is 0.434 e. The molecule has 118 valence electrons. The number of alkyl halides is 3. The highest BCUT2D eigenvalue weighted by molar-refractivity contribution is 7.94. The van der Waals surface area contributed by atoms with Crippen LogP contribution in [-0.4, -0.2) is 31.0 Å². The van der Waals surface area contributed by atoms with Gasteiger partial charge < -0.3 is 4.40 Å². The summed E-state index contributed by atoms with van der Waals surface area (Å²) < 4.78 is 55.3. The van der Waals surface area contributed by atoms with Gasteiger partial charge in [0.1, 0.15) is 5.65 Å². The van der Waals surface area contributed by atoms with Crippen molar-refractivity contribution in [1.29, 1.82) is 0 Å². The van der Waals surface area contributed by atoms with Gasteiger partial charge >= 0.3 is 6.18 Å². The minimum absolute atomic E-state index is 0.0763. The van der Waals surface area contributed by atoms with E-state index in [4.69, 9.17) is 0 Å². The summed E-state index contributed by atoms with van der Waals surface area (Å²) in [7, 11) is -2.58. The third kappa shape index (κ3) is 2.72. The van der Waals surface area contributed by atoms with E-state index >= 15 is 0 Å². The van der Waals surface area contributed by atoms with Gasteiger partial charge in [-0.2, -0.15) is 17.5 Å².